The van der Waals surface area contributed by atoms with Crippen molar-refractivity contribution < 1.29 is 9.84 Å². The number of allylic oxidation sites excluding steroid dienone is 2. The van der Waals surface area contributed by atoms with E-state index in [0.29, 0.717) is 23.2 Å². The highest BCUT2D eigenvalue weighted by Gasteiger charge is 2.14. The Kier molecular flexibility index (Phi) is 8.32. The van der Waals surface area contributed by atoms with Crippen molar-refractivity contribution in [2.45, 2.75) is 26.8 Å². The van der Waals surface area contributed by atoms with Gasteiger partial charge in [-0.3, -0.25) is 9.78 Å². The van der Waals surface area contributed by atoms with E-state index in [0.717, 1.165) is 45.4 Å². The summed E-state index contributed by atoms with van der Waals surface area (Å²) in [5.74, 6) is 3.33. The number of nitriles is 1. The normalized spacial score (nSPS) is 12.1. The van der Waals surface area contributed by atoms with E-state index in [4.69, 9.17) is 11.2 Å². The van der Waals surface area contributed by atoms with Crippen LogP contribution in [0.3, 0.4) is 0 Å². The lowest BCUT2D eigenvalue weighted by molar-refractivity contribution is 0.408. The van der Waals surface area contributed by atoms with Crippen LogP contribution in [0.5, 0.6) is 5.75 Å². The van der Waals surface area contributed by atoms with Crippen molar-refractivity contribution in [2.75, 3.05) is 7.11 Å². The molecular weight excluding hydrogens is 502 g/mol. The highest BCUT2D eigenvalue weighted by Crippen LogP contribution is 2.24. The van der Waals surface area contributed by atoms with E-state index in [1.54, 1.807) is 19.4 Å². The van der Waals surface area contributed by atoms with E-state index >= 15 is 0 Å². The Bertz CT molecular complexity index is 1880. The molecule has 0 saturated carbocycles. The number of terminal acetylenes is 1. The smallest absolute Gasteiger partial charge is 0.268 e. The van der Waals surface area contributed by atoms with Gasteiger partial charge in [-0.2, -0.15) is 5.26 Å². The van der Waals surface area contributed by atoms with Gasteiger partial charge in [-0.15, -0.1) is 6.42 Å². The van der Waals surface area contributed by atoms with Gasteiger partial charge < -0.3 is 19.0 Å². The number of aromatic nitrogens is 4. The van der Waals surface area contributed by atoms with Gasteiger partial charge in [-0.25, -0.2) is 4.98 Å². The first-order valence-electron chi connectivity index (χ1n) is 12.6. The van der Waals surface area contributed by atoms with Gasteiger partial charge in [-0.1, -0.05) is 24.1 Å². The number of methoxy groups -OCH3 is 1. The predicted octanol–water partition coefficient (Wildman–Crippen LogP) is 3.05. The lowest BCUT2D eigenvalue weighted by Gasteiger charge is -2.14. The maximum atomic E-state index is 12.7. The van der Waals surface area contributed by atoms with Gasteiger partial charge in [0.25, 0.3) is 5.56 Å². The number of aliphatic hydroxyl groups is 1. The fourth-order valence-corrected chi connectivity index (χ4v) is 4.64. The van der Waals surface area contributed by atoms with E-state index in [9.17, 15) is 15.2 Å². The number of nitrogens with zero attached hydrogens (tertiary/aromatic N) is 5. The number of pyridine rings is 3. The van der Waals surface area contributed by atoms with Crippen LogP contribution < -0.4 is 20.9 Å². The Hall–Kier alpha value is -5.34. The molecule has 0 unspecified atom stereocenters. The van der Waals surface area contributed by atoms with Crippen molar-refractivity contribution in [3.8, 4) is 35.4 Å². The summed E-state index contributed by atoms with van der Waals surface area (Å²) >= 11 is 0. The highest BCUT2D eigenvalue weighted by atomic mass is 16.5. The second-order valence-electron chi connectivity index (χ2n) is 9.20. The third-order valence-electron chi connectivity index (χ3n) is 6.58. The van der Waals surface area contributed by atoms with Crippen molar-refractivity contribution in [2.24, 2.45) is 7.05 Å². The van der Waals surface area contributed by atoms with Crippen molar-refractivity contribution in [1.29, 1.82) is 5.26 Å². The highest BCUT2D eigenvalue weighted by molar-refractivity contribution is 5.65. The van der Waals surface area contributed by atoms with Crippen LogP contribution in [0, 0.1) is 37.5 Å². The second kappa shape index (κ2) is 12.0. The average Bonchev–Trinajstić information content (AvgIpc) is 3.32. The Labute approximate surface area is 232 Å². The second-order valence-corrected chi connectivity index (χ2v) is 9.20. The quantitative estimate of drug-likeness (QED) is 0.368. The Morgan fingerprint density at radius 1 is 1.18 bits per heavy atom. The summed E-state index contributed by atoms with van der Waals surface area (Å²) in [5.41, 5.74) is 5.24. The molecule has 8 nitrogen and oxygen atoms in total. The van der Waals surface area contributed by atoms with Crippen LogP contribution in [0.2, 0.25) is 0 Å². The maximum Gasteiger partial charge on any atom is 0.268 e. The van der Waals surface area contributed by atoms with E-state index in [1.807, 2.05) is 74.0 Å². The van der Waals surface area contributed by atoms with Gasteiger partial charge in [0.2, 0.25) is 0 Å². The van der Waals surface area contributed by atoms with Gasteiger partial charge >= 0.3 is 0 Å². The number of aliphatic hydroxyl groups excluding tert-OH is 1. The number of hydrogen-bond acceptors (Lipinski definition) is 6. The van der Waals surface area contributed by atoms with E-state index in [2.05, 4.69) is 15.9 Å². The van der Waals surface area contributed by atoms with Crippen LogP contribution in [0.1, 0.15) is 33.9 Å². The molecule has 0 amide bonds. The molecule has 0 radical (unpaired) electrons. The first kappa shape index (κ1) is 27.7. The summed E-state index contributed by atoms with van der Waals surface area (Å²) in [4.78, 5) is 21.8. The monoisotopic (exact) mass is 531 g/mol. The van der Waals surface area contributed by atoms with Crippen LogP contribution in [0.15, 0.2) is 59.5 Å². The van der Waals surface area contributed by atoms with Gasteiger partial charge in [0.1, 0.15) is 29.0 Å². The maximum absolute atomic E-state index is 12.7. The lowest BCUT2D eigenvalue weighted by atomic mass is 10.1. The van der Waals surface area contributed by atoms with Gasteiger partial charge in [0.15, 0.2) is 0 Å². The van der Waals surface area contributed by atoms with Crippen LogP contribution in [0.25, 0.3) is 23.6 Å². The molecule has 0 aliphatic rings. The zero-order chi connectivity index (χ0) is 28.8. The van der Waals surface area contributed by atoms with Crippen LogP contribution in [-0.4, -0.2) is 31.3 Å². The Morgan fingerprint density at radius 3 is 2.62 bits per heavy atom. The molecule has 0 saturated heterocycles. The molecule has 4 heterocycles. The minimum Gasteiger partial charge on any atom is -0.513 e. The fourth-order valence-electron chi connectivity index (χ4n) is 4.64. The molecule has 1 N–H and O–H groups in total. The Morgan fingerprint density at radius 2 is 1.95 bits per heavy atom. The molecule has 0 fully saturated rings. The molecule has 8 heteroatoms. The first-order valence-corrected chi connectivity index (χ1v) is 12.6. The fraction of sp³-hybridized carbons (Fsp3) is 0.188. The molecule has 4 aromatic heterocycles. The molecule has 0 bridgehead atoms. The summed E-state index contributed by atoms with van der Waals surface area (Å²) in [6.07, 6.45) is 14.5. The molecule has 4 rings (SSSR count). The number of aryl methyl sites for hydroxylation is 2. The summed E-state index contributed by atoms with van der Waals surface area (Å²) < 4.78 is 9.05. The molecule has 4 aromatic rings. The number of hydrogen-bond donors (Lipinski definition) is 1. The standard InChI is InChI=1S/C32H29N5O3/c1-6-24-13-14-30(36(24)4)27-16-21(2)35-29(20-38)25(27)11-7-8-12-26-28(34-22(3)17-31(26)40-5)19-37-15-9-10-23(18-33)32(37)39/h1,7-11,13-17,20,38H,12,19H2,2-5H3/b8-7-,25-11-,29-20-. The lowest BCUT2D eigenvalue weighted by Crippen LogP contribution is -2.31. The molecule has 0 spiro atoms. The zero-order valence-corrected chi connectivity index (χ0v) is 22.8. The first-order chi connectivity index (χ1) is 19.3. The van der Waals surface area contributed by atoms with Crippen molar-refractivity contribution in [3.05, 3.63) is 110 Å². The molecule has 40 heavy (non-hydrogen) atoms. The van der Waals surface area contributed by atoms with Gasteiger partial charge in [0, 0.05) is 52.7 Å². The molecule has 0 aromatic carbocycles. The van der Waals surface area contributed by atoms with E-state index in [1.165, 1.54) is 10.6 Å². The average molecular weight is 532 g/mol. The van der Waals surface area contributed by atoms with Gasteiger partial charge in [0.05, 0.1) is 25.0 Å². The van der Waals surface area contributed by atoms with Crippen molar-refractivity contribution >= 4 is 12.3 Å². The topological polar surface area (TPSA) is 106 Å². The summed E-state index contributed by atoms with van der Waals surface area (Å²) in [6, 6.07) is 12.7. The molecule has 0 aliphatic heterocycles. The number of ether oxygens (including phenoxy) is 1. The zero-order valence-electron chi connectivity index (χ0n) is 22.8. The minimum atomic E-state index is -0.372. The third kappa shape index (κ3) is 5.57. The Balaban J connectivity index is 1.76. The molecular formula is C32H29N5O3. The minimum absolute atomic E-state index is 0.0738. The summed E-state index contributed by atoms with van der Waals surface area (Å²) in [5, 5.41) is 20.4. The van der Waals surface area contributed by atoms with Crippen molar-refractivity contribution in [1.82, 2.24) is 19.1 Å². The number of rotatable bonds is 7. The van der Waals surface area contributed by atoms with E-state index in [-0.39, 0.29) is 17.7 Å². The van der Waals surface area contributed by atoms with Gasteiger partial charge in [-0.05, 0) is 50.6 Å². The van der Waals surface area contributed by atoms with Crippen LogP contribution in [0.4, 0.5) is 0 Å². The van der Waals surface area contributed by atoms with E-state index < -0.39 is 0 Å². The van der Waals surface area contributed by atoms with Crippen LogP contribution in [-0.2, 0) is 20.0 Å². The largest absolute Gasteiger partial charge is 0.513 e. The molecule has 0 aliphatic carbocycles. The summed E-state index contributed by atoms with van der Waals surface area (Å²) in [6.45, 7) is 3.93. The van der Waals surface area contributed by atoms with Crippen LogP contribution >= 0.6 is 0 Å². The SMILES string of the molecule is C#Cc1ccc(-c2cc(C)nc(=C\O)/c2=C\C=C/Cc2c(OC)cc(C)nc2Cn2cccc(C#N)c2=O)n1C. The molecule has 0 atom stereocenters. The van der Waals surface area contributed by atoms with Crippen molar-refractivity contribution in [3.63, 3.8) is 0 Å². The predicted molar refractivity (Wildman–Crippen MR) is 155 cm³/mol. The molecule has 200 valence electrons. The summed E-state index contributed by atoms with van der Waals surface area (Å²) in [7, 11) is 3.50. The third-order valence-corrected chi connectivity index (χ3v) is 6.58.